The fourth-order valence-corrected chi connectivity index (χ4v) is 1.02. The Kier molecular flexibility index (Phi) is 3.17. The zero-order valence-electron chi connectivity index (χ0n) is 7.87. The minimum absolute atomic E-state index is 0.298. The number of amides is 1. The normalized spacial score (nSPS) is 9.29. The summed E-state index contributed by atoms with van der Waals surface area (Å²) in [4.78, 5) is 10.3. The van der Waals surface area contributed by atoms with Gasteiger partial charge in [-0.25, -0.2) is 0 Å². The van der Waals surface area contributed by atoms with Gasteiger partial charge in [0.2, 0.25) is 0 Å². The van der Waals surface area contributed by atoms with E-state index in [1.807, 2.05) is 0 Å². The number of nitrogens with one attached hydrogen (secondary N) is 1. The van der Waals surface area contributed by atoms with Crippen LogP contribution in [0.3, 0.4) is 0 Å². The smallest absolute Gasteiger partial charge is 0.142 e. The van der Waals surface area contributed by atoms with Gasteiger partial charge in [0.1, 0.15) is 17.6 Å². The van der Waals surface area contributed by atoms with E-state index in [-0.39, 0.29) is 0 Å². The zero-order chi connectivity index (χ0) is 10.6. The summed E-state index contributed by atoms with van der Waals surface area (Å²) in [5.74, 6) is 0.949. The number of carbonyl (C=O) groups excluding carboxylic acids is 1. The van der Waals surface area contributed by atoms with Crippen molar-refractivity contribution in [1.29, 1.82) is 0 Å². The van der Waals surface area contributed by atoms with Crippen molar-refractivity contribution in [2.24, 2.45) is 0 Å². The Morgan fingerprint density at radius 3 is 2.57 bits per heavy atom. The maximum Gasteiger partial charge on any atom is 0.142 e. The first-order valence-electron chi connectivity index (χ1n) is 3.87. The number of carboxylic acid groups (broad SMARTS) is 1. The van der Waals surface area contributed by atoms with Crippen molar-refractivity contribution in [2.45, 2.75) is 0 Å². The summed E-state index contributed by atoms with van der Waals surface area (Å²) in [5, 5.41) is 12.4. The van der Waals surface area contributed by atoms with Crippen LogP contribution in [0.1, 0.15) is 0 Å². The van der Waals surface area contributed by atoms with Crippen molar-refractivity contribution < 1.29 is 19.4 Å². The summed E-state index contributed by atoms with van der Waals surface area (Å²) in [5.41, 5.74) is 0.298. The fraction of sp³-hybridized carbons (Fsp3) is 0.222. The third-order valence-electron chi connectivity index (χ3n) is 1.64. The first-order chi connectivity index (χ1) is 6.67. The van der Waals surface area contributed by atoms with E-state index >= 15 is 0 Å². The van der Waals surface area contributed by atoms with Crippen LogP contribution in [0.25, 0.3) is 0 Å². The standard InChI is InChI=1S/C9H11NO4/c1-13-6-3-4-8(14-2)7(5-6)10-9(11)12/h3-5,10H,1-2H3,(H,11,12)/p-1. The van der Waals surface area contributed by atoms with E-state index in [9.17, 15) is 9.90 Å². The third kappa shape index (κ3) is 2.29. The van der Waals surface area contributed by atoms with Crippen LogP contribution in [0.2, 0.25) is 0 Å². The molecule has 0 fully saturated rings. The van der Waals surface area contributed by atoms with Crippen LogP contribution in [-0.4, -0.2) is 20.3 Å². The highest BCUT2D eigenvalue weighted by atomic mass is 16.5. The molecule has 0 aliphatic heterocycles. The molecule has 0 atom stereocenters. The van der Waals surface area contributed by atoms with E-state index < -0.39 is 6.09 Å². The molecule has 0 heterocycles. The van der Waals surface area contributed by atoms with E-state index in [4.69, 9.17) is 9.47 Å². The Balaban J connectivity index is 3.01. The van der Waals surface area contributed by atoms with Crippen molar-refractivity contribution in [3.63, 3.8) is 0 Å². The highest BCUT2D eigenvalue weighted by Gasteiger charge is 2.03. The molecule has 0 radical (unpaired) electrons. The van der Waals surface area contributed by atoms with E-state index in [2.05, 4.69) is 5.32 Å². The molecule has 0 saturated carbocycles. The molecule has 0 spiro atoms. The average Bonchev–Trinajstić information content (AvgIpc) is 2.16. The summed E-state index contributed by atoms with van der Waals surface area (Å²) < 4.78 is 9.86. The lowest BCUT2D eigenvalue weighted by molar-refractivity contribution is -0.242. The van der Waals surface area contributed by atoms with Gasteiger partial charge in [0.05, 0.1) is 19.9 Å². The lowest BCUT2D eigenvalue weighted by atomic mass is 10.2. The van der Waals surface area contributed by atoms with Crippen molar-refractivity contribution in [2.75, 3.05) is 19.5 Å². The maximum atomic E-state index is 10.3. The Bertz CT molecular complexity index is 338. The molecule has 0 bridgehead atoms. The molecule has 0 aliphatic rings. The fourth-order valence-electron chi connectivity index (χ4n) is 1.02. The van der Waals surface area contributed by atoms with Gasteiger partial charge in [-0.2, -0.15) is 0 Å². The molecule has 0 unspecified atom stereocenters. The van der Waals surface area contributed by atoms with Crippen LogP contribution in [-0.2, 0) is 0 Å². The van der Waals surface area contributed by atoms with E-state index in [1.165, 1.54) is 20.3 Å². The van der Waals surface area contributed by atoms with Gasteiger partial charge in [0.15, 0.2) is 0 Å². The van der Waals surface area contributed by atoms with Gasteiger partial charge in [-0.15, -0.1) is 0 Å². The molecule has 5 nitrogen and oxygen atoms in total. The predicted octanol–water partition coefficient (Wildman–Crippen LogP) is 0.459. The van der Waals surface area contributed by atoms with Crippen LogP contribution < -0.4 is 19.9 Å². The second kappa shape index (κ2) is 4.36. The van der Waals surface area contributed by atoms with Gasteiger partial charge in [-0.3, -0.25) is 0 Å². The molecule has 0 aromatic heterocycles. The van der Waals surface area contributed by atoms with Crippen LogP contribution >= 0.6 is 0 Å². The summed E-state index contributed by atoms with van der Waals surface area (Å²) in [6, 6.07) is 4.78. The van der Waals surface area contributed by atoms with E-state index in [1.54, 1.807) is 12.1 Å². The molecular weight excluding hydrogens is 186 g/mol. The van der Waals surface area contributed by atoms with Crippen LogP contribution in [0, 0.1) is 0 Å². The average molecular weight is 196 g/mol. The molecule has 76 valence electrons. The first-order valence-corrected chi connectivity index (χ1v) is 3.87. The van der Waals surface area contributed by atoms with Gasteiger partial charge < -0.3 is 24.7 Å². The number of carbonyl (C=O) groups is 1. The quantitative estimate of drug-likeness (QED) is 0.762. The van der Waals surface area contributed by atoms with E-state index in [0.29, 0.717) is 17.2 Å². The van der Waals surface area contributed by atoms with E-state index in [0.717, 1.165) is 0 Å². The monoisotopic (exact) mass is 196 g/mol. The number of ether oxygens (including phenoxy) is 2. The van der Waals surface area contributed by atoms with Gasteiger partial charge in [-0.1, -0.05) is 0 Å². The van der Waals surface area contributed by atoms with Gasteiger partial charge in [0.25, 0.3) is 0 Å². The number of hydrogen-bond acceptors (Lipinski definition) is 4. The molecule has 0 aliphatic carbocycles. The van der Waals surface area contributed by atoms with Crippen molar-refractivity contribution in [3.05, 3.63) is 18.2 Å². The number of benzene rings is 1. The Hall–Kier alpha value is -1.91. The van der Waals surface area contributed by atoms with Crippen LogP contribution in [0.4, 0.5) is 10.5 Å². The summed E-state index contributed by atoms with van der Waals surface area (Å²) >= 11 is 0. The Morgan fingerprint density at radius 1 is 1.36 bits per heavy atom. The SMILES string of the molecule is COc1ccc(OC)c(NC(=O)[O-])c1. The molecule has 5 heteroatoms. The lowest BCUT2D eigenvalue weighted by Gasteiger charge is -2.12. The first kappa shape index (κ1) is 10.2. The number of hydrogen-bond donors (Lipinski definition) is 1. The number of anilines is 1. The summed E-state index contributed by atoms with van der Waals surface area (Å²) in [7, 11) is 2.94. The molecule has 1 amide bonds. The Morgan fingerprint density at radius 2 is 2.07 bits per heavy atom. The van der Waals surface area contributed by atoms with Crippen LogP contribution in [0.5, 0.6) is 11.5 Å². The summed E-state index contributed by atoms with van der Waals surface area (Å²) in [6.45, 7) is 0. The maximum absolute atomic E-state index is 10.3. The molecule has 1 aromatic rings. The molecule has 1 N–H and O–H groups in total. The number of methoxy groups -OCH3 is 2. The molecule has 1 rings (SSSR count). The van der Waals surface area contributed by atoms with Crippen molar-refractivity contribution >= 4 is 11.8 Å². The van der Waals surface area contributed by atoms with Gasteiger partial charge in [0, 0.05) is 6.07 Å². The minimum atomic E-state index is -1.39. The molecular formula is C9H10NO4-. The number of rotatable bonds is 3. The second-order valence-electron chi connectivity index (χ2n) is 2.48. The molecule has 0 saturated heterocycles. The third-order valence-corrected chi connectivity index (χ3v) is 1.64. The van der Waals surface area contributed by atoms with Crippen LogP contribution in [0.15, 0.2) is 18.2 Å². The van der Waals surface area contributed by atoms with Crippen molar-refractivity contribution in [1.82, 2.24) is 0 Å². The summed E-state index contributed by atoms with van der Waals surface area (Å²) in [6.07, 6.45) is -1.39. The highest BCUT2D eigenvalue weighted by molar-refractivity contribution is 5.84. The highest BCUT2D eigenvalue weighted by Crippen LogP contribution is 2.28. The van der Waals surface area contributed by atoms with Gasteiger partial charge in [-0.05, 0) is 12.1 Å². The topological polar surface area (TPSA) is 70.6 Å². The Labute approximate surface area is 81.3 Å². The minimum Gasteiger partial charge on any atom is -0.530 e. The lowest BCUT2D eigenvalue weighted by Crippen LogP contribution is -2.28. The largest absolute Gasteiger partial charge is 0.530 e. The van der Waals surface area contributed by atoms with Crippen molar-refractivity contribution in [3.8, 4) is 11.5 Å². The second-order valence-corrected chi connectivity index (χ2v) is 2.48. The zero-order valence-corrected chi connectivity index (χ0v) is 7.87. The van der Waals surface area contributed by atoms with Gasteiger partial charge >= 0.3 is 0 Å². The molecule has 1 aromatic carbocycles. The molecule has 14 heavy (non-hydrogen) atoms. The predicted molar refractivity (Wildman–Crippen MR) is 48.6 cm³/mol.